The van der Waals surface area contributed by atoms with Crippen LogP contribution in [0.1, 0.15) is 18.1 Å². The number of carbonyl (C=O) groups is 1. The predicted octanol–water partition coefficient (Wildman–Crippen LogP) is 2.13. The first-order valence-electron chi connectivity index (χ1n) is 6.06. The lowest BCUT2D eigenvalue weighted by Gasteiger charge is -2.10. The van der Waals surface area contributed by atoms with Crippen LogP contribution in [-0.2, 0) is 17.6 Å². The van der Waals surface area contributed by atoms with Crippen LogP contribution in [0, 0.1) is 0 Å². The van der Waals surface area contributed by atoms with Gasteiger partial charge in [0, 0.05) is 25.0 Å². The van der Waals surface area contributed by atoms with Crippen molar-refractivity contribution in [1.29, 1.82) is 0 Å². The number of hydrogen-bond donors (Lipinski definition) is 1. The van der Waals surface area contributed by atoms with E-state index in [-0.39, 0.29) is 5.91 Å². The van der Waals surface area contributed by atoms with E-state index in [1.54, 1.807) is 25.4 Å². The van der Waals surface area contributed by atoms with Gasteiger partial charge in [-0.25, -0.2) is 5.01 Å². The van der Waals surface area contributed by atoms with Gasteiger partial charge in [-0.1, -0.05) is 19.1 Å². The molecule has 1 heterocycles. The fourth-order valence-corrected chi connectivity index (χ4v) is 1.95. The number of nitrogens with one attached hydrogen (secondary N) is 1. The lowest BCUT2D eigenvalue weighted by Crippen LogP contribution is -2.37. The van der Waals surface area contributed by atoms with Gasteiger partial charge in [-0.3, -0.25) is 10.2 Å². The summed E-state index contributed by atoms with van der Waals surface area (Å²) >= 11 is 0. The van der Waals surface area contributed by atoms with Crippen molar-refractivity contribution in [3.63, 3.8) is 0 Å². The van der Waals surface area contributed by atoms with Crippen molar-refractivity contribution in [2.75, 3.05) is 14.1 Å². The highest BCUT2D eigenvalue weighted by Gasteiger charge is 2.10. The van der Waals surface area contributed by atoms with Gasteiger partial charge in [-0.15, -0.1) is 0 Å². The second-order valence-electron chi connectivity index (χ2n) is 4.55. The Morgan fingerprint density at radius 3 is 2.83 bits per heavy atom. The summed E-state index contributed by atoms with van der Waals surface area (Å²) in [5.41, 5.74) is 5.73. The van der Waals surface area contributed by atoms with Crippen LogP contribution in [0.25, 0.3) is 11.0 Å². The summed E-state index contributed by atoms with van der Waals surface area (Å²) in [7, 11) is 3.58. The molecule has 0 saturated heterocycles. The minimum atomic E-state index is -0.0396. The molecule has 0 radical (unpaired) electrons. The van der Waals surface area contributed by atoms with Crippen LogP contribution in [0.5, 0.6) is 0 Å². The number of furan rings is 1. The molecule has 18 heavy (non-hydrogen) atoms. The zero-order valence-corrected chi connectivity index (χ0v) is 11.0. The molecule has 2 aromatic rings. The van der Waals surface area contributed by atoms with Gasteiger partial charge in [0.25, 0.3) is 0 Å². The summed E-state index contributed by atoms with van der Waals surface area (Å²) in [6.45, 7) is 2.11. The normalized spacial score (nSPS) is 11.1. The lowest BCUT2D eigenvalue weighted by atomic mass is 10.1. The fraction of sp³-hybridized carbons (Fsp3) is 0.357. The largest absolute Gasteiger partial charge is 0.464 e. The SMILES string of the molecule is CCc1ccc2c(CC(=O)NN(C)C)coc2c1. The van der Waals surface area contributed by atoms with Crippen LogP contribution in [0.2, 0.25) is 0 Å². The van der Waals surface area contributed by atoms with E-state index in [4.69, 9.17) is 4.42 Å². The van der Waals surface area contributed by atoms with Gasteiger partial charge in [-0.2, -0.15) is 0 Å². The maximum Gasteiger partial charge on any atom is 0.238 e. The summed E-state index contributed by atoms with van der Waals surface area (Å²) in [6, 6.07) is 6.13. The number of carbonyl (C=O) groups excluding carboxylic acids is 1. The zero-order valence-electron chi connectivity index (χ0n) is 11.0. The van der Waals surface area contributed by atoms with Gasteiger partial charge < -0.3 is 4.42 Å². The zero-order chi connectivity index (χ0) is 13.1. The molecule has 96 valence electrons. The minimum absolute atomic E-state index is 0.0396. The number of nitrogens with zero attached hydrogens (tertiary/aromatic N) is 1. The first kappa shape index (κ1) is 12.6. The van der Waals surface area contributed by atoms with Crippen molar-refractivity contribution in [3.05, 3.63) is 35.6 Å². The molecule has 0 unspecified atom stereocenters. The average Bonchev–Trinajstić information content (AvgIpc) is 2.70. The molecule has 0 fully saturated rings. The molecule has 1 aromatic carbocycles. The van der Waals surface area contributed by atoms with Gasteiger partial charge >= 0.3 is 0 Å². The van der Waals surface area contributed by atoms with Crippen LogP contribution in [-0.4, -0.2) is 25.0 Å². The molecule has 0 atom stereocenters. The van der Waals surface area contributed by atoms with E-state index in [9.17, 15) is 4.79 Å². The van der Waals surface area contributed by atoms with E-state index in [1.165, 1.54) is 5.56 Å². The number of hydrazine groups is 1. The number of fused-ring (bicyclic) bond motifs is 1. The monoisotopic (exact) mass is 246 g/mol. The lowest BCUT2D eigenvalue weighted by molar-refractivity contribution is -0.124. The molecule has 1 amide bonds. The molecular weight excluding hydrogens is 228 g/mol. The van der Waals surface area contributed by atoms with Gasteiger partial charge in [0.2, 0.25) is 5.91 Å². The second kappa shape index (κ2) is 5.23. The maximum absolute atomic E-state index is 11.7. The van der Waals surface area contributed by atoms with Crippen LogP contribution in [0.3, 0.4) is 0 Å². The molecule has 4 nitrogen and oxygen atoms in total. The number of rotatable bonds is 4. The molecule has 2 rings (SSSR count). The van der Waals surface area contributed by atoms with Gasteiger partial charge in [-0.05, 0) is 18.1 Å². The third-order valence-corrected chi connectivity index (χ3v) is 2.83. The van der Waals surface area contributed by atoms with E-state index >= 15 is 0 Å². The van der Waals surface area contributed by atoms with E-state index in [0.29, 0.717) is 6.42 Å². The van der Waals surface area contributed by atoms with E-state index in [2.05, 4.69) is 18.4 Å². The van der Waals surface area contributed by atoms with Crippen molar-refractivity contribution in [2.24, 2.45) is 0 Å². The van der Waals surface area contributed by atoms with Crippen LogP contribution in [0.15, 0.2) is 28.9 Å². The van der Waals surface area contributed by atoms with E-state index < -0.39 is 0 Å². The molecule has 0 aliphatic heterocycles. The Morgan fingerprint density at radius 2 is 2.17 bits per heavy atom. The Balaban J connectivity index is 2.22. The van der Waals surface area contributed by atoms with Gasteiger partial charge in [0.05, 0.1) is 12.7 Å². The second-order valence-corrected chi connectivity index (χ2v) is 4.55. The Labute approximate surface area is 107 Å². The highest BCUT2D eigenvalue weighted by molar-refractivity contribution is 5.87. The Kier molecular flexibility index (Phi) is 3.67. The molecule has 4 heteroatoms. The molecular formula is C14H18N2O2. The summed E-state index contributed by atoms with van der Waals surface area (Å²) in [5, 5.41) is 2.65. The fourth-order valence-electron chi connectivity index (χ4n) is 1.95. The van der Waals surface area contributed by atoms with Crippen LogP contribution in [0.4, 0.5) is 0 Å². The topological polar surface area (TPSA) is 45.5 Å². The molecule has 1 N–H and O–H groups in total. The third kappa shape index (κ3) is 2.71. The average molecular weight is 246 g/mol. The number of aryl methyl sites for hydroxylation is 1. The van der Waals surface area contributed by atoms with Gasteiger partial charge in [0.15, 0.2) is 0 Å². The molecule has 0 bridgehead atoms. The van der Waals surface area contributed by atoms with Crippen molar-refractivity contribution < 1.29 is 9.21 Å². The number of hydrogen-bond acceptors (Lipinski definition) is 3. The molecule has 0 spiro atoms. The summed E-state index contributed by atoms with van der Waals surface area (Å²) in [6.07, 6.45) is 2.98. The highest BCUT2D eigenvalue weighted by Crippen LogP contribution is 2.23. The molecule has 1 aromatic heterocycles. The Hall–Kier alpha value is -1.81. The van der Waals surface area contributed by atoms with E-state index in [1.807, 2.05) is 12.1 Å². The first-order chi connectivity index (χ1) is 8.60. The van der Waals surface area contributed by atoms with E-state index in [0.717, 1.165) is 23.0 Å². The van der Waals surface area contributed by atoms with Crippen LogP contribution >= 0.6 is 0 Å². The van der Waals surface area contributed by atoms with Crippen molar-refractivity contribution in [3.8, 4) is 0 Å². The highest BCUT2D eigenvalue weighted by atomic mass is 16.3. The summed E-state index contributed by atoms with van der Waals surface area (Å²) in [5.74, 6) is -0.0396. The first-order valence-corrected chi connectivity index (χ1v) is 6.06. The molecule has 0 aliphatic rings. The molecule has 0 saturated carbocycles. The molecule has 0 aliphatic carbocycles. The third-order valence-electron chi connectivity index (χ3n) is 2.83. The smallest absolute Gasteiger partial charge is 0.238 e. The quantitative estimate of drug-likeness (QED) is 0.841. The summed E-state index contributed by atoms with van der Waals surface area (Å²) in [4.78, 5) is 11.7. The standard InChI is InChI=1S/C14H18N2O2/c1-4-10-5-6-12-11(9-18-13(12)7-10)8-14(17)15-16(2)3/h5-7,9H,4,8H2,1-3H3,(H,15,17). The predicted molar refractivity (Wildman–Crippen MR) is 71.1 cm³/mol. The maximum atomic E-state index is 11.7. The van der Waals surface area contributed by atoms with Crippen molar-refractivity contribution in [1.82, 2.24) is 10.4 Å². The Morgan fingerprint density at radius 1 is 1.39 bits per heavy atom. The van der Waals surface area contributed by atoms with Gasteiger partial charge in [0.1, 0.15) is 5.58 Å². The number of amides is 1. The summed E-state index contributed by atoms with van der Waals surface area (Å²) < 4.78 is 5.50. The van der Waals surface area contributed by atoms with Crippen LogP contribution < -0.4 is 5.43 Å². The van der Waals surface area contributed by atoms with Crippen molar-refractivity contribution >= 4 is 16.9 Å². The van der Waals surface area contributed by atoms with Crippen molar-refractivity contribution in [2.45, 2.75) is 19.8 Å². The number of benzene rings is 1. The Bertz CT molecular complexity index is 558. The minimum Gasteiger partial charge on any atom is -0.464 e.